The first kappa shape index (κ1) is 23.8. The van der Waals surface area contributed by atoms with Crippen molar-refractivity contribution < 1.29 is 9.47 Å². The van der Waals surface area contributed by atoms with Gasteiger partial charge in [0, 0.05) is 28.7 Å². The molecule has 0 heterocycles. The van der Waals surface area contributed by atoms with Crippen LogP contribution in [0.5, 0.6) is 11.5 Å². The number of hydrogen-bond donors (Lipinski definition) is 1. The van der Waals surface area contributed by atoms with Crippen molar-refractivity contribution in [2.24, 2.45) is 0 Å². The molecular weight excluding hydrogens is 497 g/mol. The molecule has 29 heavy (non-hydrogen) atoms. The van der Waals surface area contributed by atoms with Crippen molar-refractivity contribution in [1.82, 2.24) is 5.32 Å². The number of halogens is 4. The van der Waals surface area contributed by atoms with Gasteiger partial charge in [-0.2, -0.15) is 0 Å². The fourth-order valence-corrected chi connectivity index (χ4v) is 3.76. The van der Waals surface area contributed by atoms with E-state index in [2.05, 4.69) is 21.2 Å². The van der Waals surface area contributed by atoms with Gasteiger partial charge in [-0.3, -0.25) is 0 Å². The predicted molar refractivity (Wildman–Crippen MR) is 126 cm³/mol. The Hall–Kier alpha value is -1.43. The number of benzene rings is 3. The minimum absolute atomic E-state index is 0. The highest BCUT2D eigenvalue weighted by atomic mass is 79.9. The molecular formula is C22H21BrCl3NO2. The van der Waals surface area contributed by atoms with Gasteiger partial charge >= 0.3 is 0 Å². The third-order valence-electron chi connectivity index (χ3n) is 4.22. The summed E-state index contributed by atoms with van der Waals surface area (Å²) in [7, 11) is 1.63. The molecule has 0 aliphatic carbocycles. The van der Waals surface area contributed by atoms with E-state index < -0.39 is 0 Å². The summed E-state index contributed by atoms with van der Waals surface area (Å²) in [5, 5.41) is 4.84. The lowest BCUT2D eigenvalue weighted by Gasteiger charge is -2.15. The van der Waals surface area contributed by atoms with Crippen LogP contribution in [0.4, 0.5) is 0 Å². The largest absolute Gasteiger partial charge is 0.493 e. The van der Waals surface area contributed by atoms with Gasteiger partial charge in [-0.15, -0.1) is 12.4 Å². The van der Waals surface area contributed by atoms with E-state index in [1.165, 1.54) is 0 Å². The average Bonchev–Trinajstić information content (AvgIpc) is 2.69. The Labute approximate surface area is 195 Å². The van der Waals surface area contributed by atoms with Gasteiger partial charge in [-0.1, -0.05) is 59.6 Å². The van der Waals surface area contributed by atoms with Crippen LogP contribution >= 0.6 is 51.5 Å². The molecule has 0 atom stereocenters. The molecule has 154 valence electrons. The van der Waals surface area contributed by atoms with E-state index in [1.807, 2.05) is 60.7 Å². The number of methoxy groups -OCH3 is 1. The second-order valence-electron chi connectivity index (χ2n) is 6.18. The smallest absolute Gasteiger partial charge is 0.175 e. The Bertz CT molecular complexity index is 953. The highest BCUT2D eigenvalue weighted by Gasteiger charge is 2.13. The zero-order chi connectivity index (χ0) is 19.9. The third-order valence-corrected chi connectivity index (χ3v) is 5.55. The van der Waals surface area contributed by atoms with Crippen LogP contribution in [0.15, 0.2) is 65.1 Å². The summed E-state index contributed by atoms with van der Waals surface area (Å²) in [4.78, 5) is 0. The zero-order valence-corrected chi connectivity index (χ0v) is 19.7. The topological polar surface area (TPSA) is 30.5 Å². The molecule has 0 radical (unpaired) electrons. The van der Waals surface area contributed by atoms with Gasteiger partial charge in [0.2, 0.25) is 0 Å². The van der Waals surface area contributed by atoms with Crippen molar-refractivity contribution in [3.05, 3.63) is 91.9 Å². The lowest BCUT2D eigenvalue weighted by molar-refractivity contribution is 0.282. The van der Waals surface area contributed by atoms with Gasteiger partial charge in [0.25, 0.3) is 0 Å². The molecule has 3 aromatic carbocycles. The van der Waals surface area contributed by atoms with Crippen LogP contribution in [-0.4, -0.2) is 7.11 Å². The second-order valence-corrected chi connectivity index (χ2v) is 7.85. The van der Waals surface area contributed by atoms with Crippen LogP contribution < -0.4 is 14.8 Å². The quantitative estimate of drug-likeness (QED) is 0.347. The van der Waals surface area contributed by atoms with Gasteiger partial charge in [0.05, 0.1) is 11.6 Å². The lowest BCUT2D eigenvalue weighted by Crippen LogP contribution is -2.13. The van der Waals surface area contributed by atoms with Crippen molar-refractivity contribution >= 4 is 51.5 Å². The molecule has 3 aromatic rings. The Kier molecular flexibility index (Phi) is 9.60. The van der Waals surface area contributed by atoms with Crippen LogP contribution in [-0.2, 0) is 19.7 Å². The van der Waals surface area contributed by atoms with Gasteiger partial charge in [-0.05, 0) is 51.3 Å². The maximum Gasteiger partial charge on any atom is 0.175 e. The Morgan fingerprint density at radius 1 is 0.897 bits per heavy atom. The molecule has 0 bridgehead atoms. The molecule has 1 N–H and O–H groups in total. The highest BCUT2D eigenvalue weighted by Crippen LogP contribution is 2.37. The Morgan fingerprint density at radius 2 is 1.52 bits per heavy atom. The molecule has 0 spiro atoms. The summed E-state index contributed by atoms with van der Waals surface area (Å²) < 4.78 is 12.3. The van der Waals surface area contributed by atoms with Crippen LogP contribution in [0.25, 0.3) is 0 Å². The third kappa shape index (κ3) is 6.53. The standard InChI is InChI=1S/C22H20BrCl2NO2.ClH/c1-27-21-11-15(12-26-13-16-6-2-4-8-19(16)24)10-18(23)22(21)28-14-17-7-3-5-9-20(17)25;/h2-11,26H,12-14H2,1H3;1H. The highest BCUT2D eigenvalue weighted by molar-refractivity contribution is 9.10. The molecule has 7 heteroatoms. The van der Waals surface area contributed by atoms with Gasteiger partial charge < -0.3 is 14.8 Å². The number of hydrogen-bond acceptors (Lipinski definition) is 3. The van der Waals surface area contributed by atoms with Crippen LogP contribution in [0.2, 0.25) is 10.0 Å². The second kappa shape index (κ2) is 11.7. The van der Waals surface area contributed by atoms with Crippen LogP contribution in [0, 0.1) is 0 Å². The van der Waals surface area contributed by atoms with E-state index in [1.54, 1.807) is 7.11 Å². The van der Waals surface area contributed by atoms with Crippen molar-refractivity contribution in [3.63, 3.8) is 0 Å². The zero-order valence-electron chi connectivity index (χ0n) is 15.8. The van der Waals surface area contributed by atoms with Gasteiger partial charge in [0.1, 0.15) is 6.61 Å². The summed E-state index contributed by atoms with van der Waals surface area (Å²) in [5.41, 5.74) is 3.05. The van der Waals surface area contributed by atoms with E-state index in [0.29, 0.717) is 36.2 Å². The minimum Gasteiger partial charge on any atom is -0.493 e. The fraction of sp³-hybridized carbons (Fsp3) is 0.182. The van der Waals surface area contributed by atoms with E-state index in [0.717, 1.165) is 26.2 Å². The first-order valence-electron chi connectivity index (χ1n) is 8.75. The van der Waals surface area contributed by atoms with Gasteiger partial charge in [0.15, 0.2) is 11.5 Å². The van der Waals surface area contributed by atoms with E-state index in [-0.39, 0.29) is 12.4 Å². The lowest BCUT2D eigenvalue weighted by atomic mass is 10.1. The maximum atomic E-state index is 6.21. The molecule has 3 rings (SSSR count). The van der Waals surface area contributed by atoms with Crippen molar-refractivity contribution in [2.75, 3.05) is 7.11 Å². The van der Waals surface area contributed by atoms with Gasteiger partial charge in [-0.25, -0.2) is 0 Å². The van der Waals surface area contributed by atoms with E-state index >= 15 is 0 Å². The summed E-state index contributed by atoms with van der Waals surface area (Å²) in [5.74, 6) is 1.31. The summed E-state index contributed by atoms with van der Waals surface area (Å²) in [6, 6.07) is 19.4. The molecule has 0 saturated heterocycles. The molecule has 0 saturated carbocycles. The molecule has 0 unspecified atom stereocenters. The minimum atomic E-state index is 0. The van der Waals surface area contributed by atoms with Crippen LogP contribution in [0.3, 0.4) is 0 Å². The van der Waals surface area contributed by atoms with E-state index in [9.17, 15) is 0 Å². The summed E-state index contributed by atoms with van der Waals surface area (Å²) in [6.07, 6.45) is 0. The molecule has 0 amide bonds. The Balaban J connectivity index is 0.00000300. The number of rotatable bonds is 8. The Morgan fingerprint density at radius 3 is 2.14 bits per heavy atom. The molecule has 0 aliphatic heterocycles. The molecule has 0 fully saturated rings. The van der Waals surface area contributed by atoms with Crippen molar-refractivity contribution in [3.8, 4) is 11.5 Å². The molecule has 3 nitrogen and oxygen atoms in total. The molecule has 0 aromatic heterocycles. The summed E-state index contributed by atoms with van der Waals surface area (Å²) in [6.45, 7) is 1.72. The monoisotopic (exact) mass is 515 g/mol. The summed E-state index contributed by atoms with van der Waals surface area (Å²) >= 11 is 16.0. The van der Waals surface area contributed by atoms with E-state index in [4.69, 9.17) is 32.7 Å². The number of nitrogens with one attached hydrogen (secondary N) is 1. The normalized spacial score (nSPS) is 10.3. The van der Waals surface area contributed by atoms with Crippen LogP contribution in [0.1, 0.15) is 16.7 Å². The first-order chi connectivity index (χ1) is 13.6. The van der Waals surface area contributed by atoms with Crippen molar-refractivity contribution in [2.45, 2.75) is 19.7 Å². The SMILES string of the molecule is COc1cc(CNCc2ccccc2Cl)cc(Br)c1OCc1ccccc1Cl.Cl. The van der Waals surface area contributed by atoms with Crippen molar-refractivity contribution in [1.29, 1.82) is 0 Å². The first-order valence-corrected chi connectivity index (χ1v) is 10.3. The average molecular weight is 518 g/mol. The number of ether oxygens (including phenoxy) is 2. The predicted octanol–water partition coefficient (Wildman–Crippen LogP) is 7.06. The fourth-order valence-electron chi connectivity index (χ4n) is 2.76. The maximum absolute atomic E-state index is 6.21. The molecule has 0 aliphatic rings.